The minimum absolute atomic E-state index is 0.236. The number of H-pyrrole nitrogens is 1. The lowest BCUT2D eigenvalue weighted by Gasteiger charge is -2.15. The Labute approximate surface area is 175 Å². The van der Waals surface area contributed by atoms with Crippen molar-refractivity contribution in [3.05, 3.63) is 33.3 Å². The van der Waals surface area contributed by atoms with E-state index in [1.807, 2.05) is 18.4 Å². The summed E-state index contributed by atoms with van der Waals surface area (Å²) in [5, 5.41) is 10.2. The third kappa shape index (κ3) is 5.72. The minimum atomic E-state index is -0.236. The zero-order valence-electron chi connectivity index (χ0n) is 16.5. The highest BCUT2D eigenvalue weighted by atomic mass is 35.5. The van der Waals surface area contributed by atoms with E-state index in [1.54, 1.807) is 12.1 Å². The van der Waals surface area contributed by atoms with Crippen LogP contribution in [0.3, 0.4) is 0 Å². The summed E-state index contributed by atoms with van der Waals surface area (Å²) in [4.78, 5) is 12.6. The zero-order chi connectivity index (χ0) is 20.5. The van der Waals surface area contributed by atoms with E-state index in [4.69, 9.17) is 33.3 Å². The van der Waals surface area contributed by atoms with Crippen molar-refractivity contribution in [2.75, 3.05) is 19.8 Å². The van der Waals surface area contributed by atoms with Crippen LogP contribution in [-0.4, -0.2) is 40.4 Å². The highest BCUT2D eigenvalue weighted by molar-refractivity contribution is 7.71. The first kappa shape index (κ1) is 22.2. The molecule has 2 rings (SSSR count). The summed E-state index contributed by atoms with van der Waals surface area (Å²) in [5.74, 6) is 1.52. The van der Waals surface area contributed by atoms with E-state index in [9.17, 15) is 4.79 Å². The molecule has 28 heavy (non-hydrogen) atoms. The molecular formula is C19H27ClN4O3S. The van der Waals surface area contributed by atoms with Gasteiger partial charge in [0.15, 0.2) is 16.3 Å². The summed E-state index contributed by atoms with van der Waals surface area (Å²) < 4.78 is 13.9. The van der Waals surface area contributed by atoms with Gasteiger partial charge < -0.3 is 19.4 Å². The average Bonchev–Trinajstić information content (AvgIpc) is 3.03. The molecule has 0 fully saturated rings. The summed E-state index contributed by atoms with van der Waals surface area (Å²) >= 11 is 11.5. The highest BCUT2D eigenvalue weighted by Crippen LogP contribution is 2.36. The number of rotatable bonds is 11. The number of halogens is 1. The molecule has 0 spiro atoms. The maximum atomic E-state index is 12.6. The molecule has 1 amide bonds. The van der Waals surface area contributed by atoms with Gasteiger partial charge in [-0.25, -0.2) is 0 Å². The van der Waals surface area contributed by atoms with E-state index in [-0.39, 0.29) is 5.91 Å². The lowest BCUT2D eigenvalue weighted by atomic mass is 10.2. The van der Waals surface area contributed by atoms with Crippen LogP contribution in [0, 0.1) is 4.77 Å². The van der Waals surface area contributed by atoms with E-state index >= 15 is 0 Å². The molecule has 0 saturated carbocycles. The Morgan fingerprint density at radius 3 is 2.79 bits per heavy atom. The second-order valence-corrected chi connectivity index (χ2v) is 6.91. The number of carbonyl (C=O) groups is 1. The van der Waals surface area contributed by atoms with Crippen molar-refractivity contribution in [2.45, 2.75) is 46.6 Å². The maximum Gasteiger partial charge on any atom is 0.251 e. The van der Waals surface area contributed by atoms with E-state index < -0.39 is 0 Å². The number of unbranched alkanes of at least 4 members (excludes halogenated alkanes) is 1. The van der Waals surface area contributed by atoms with Crippen molar-refractivity contribution in [1.29, 1.82) is 0 Å². The van der Waals surface area contributed by atoms with E-state index in [0.29, 0.717) is 53.0 Å². The molecule has 2 aromatic rings. The number of ether oxygens (including phenoxy) is 2. The predicted octanol–water partition coefficient (Wildman–Crippen LogP) is 4.16. The lowest BCUT2D eigenvalue weighted by Crippen LogP contribution is -2.26. The van der Waals surface area contributed by atoms with E-state index in [2.05, 4.69) is 22.4 Å². The minimum Gasteiger partial charge on any atom is -0.490 e. The lowest BCUT2D eigenvalue weighted by molar-refractivity contribution is 0.0953. The third-order valence-electron chi connectivity index (χ3n) is 4.10. The number of aromatic amines is 1. The van der Waals surface area contributed by atoms with E-state index in [1.165, 1.54) is 0 Å². The van der Waals surface area contributed by atoms with Gasteiger partial charge in [0.25, 0.3) is 5.91 Å². The Kier molecular flexibility index (Phi) is 8.79. The standard InChI is InChI=1S/C19H27ClN4O3S/c1-4-7-10-27-17-14(20)11-13(12-15(17)26-6-3)18(25)21-9-8-16-22-23-19(28)24(16)5-2/h11-12H,4-10H2,1-3H3,(H,21,25)(H,23,28). The number of amides is 1. The fourth-order valence-electron chi connectivity index (χ4n) is 2.68. The molecule has 0 atom stereocenters. The topological polar surface area (TPSA) is 81.2 Å². The Morgan fingerprint density at radius 2 is 2.11 bits per heavy atom. The van der Waals surface area contributed by atoms with Crippen LogP contribution in [0.1, 0.15) is 49.8 Å². The summed E-state index contributed by atoms with van der Waals surface area (Å²) in [7, 11) is 0. The second kappa shape index (κ2) is 11.1. The molecule has 1 heterocycles. The number of nitrogens with one attached hydrogen (secondary N) is 2. The largest absolute Gasteiger partial charge is 0.490 e. The third-order valence-corrected chi connectivity index (χ3v) is 4.70. The summed E-state index contributed by atoms with van der Waals surface area (Å²) in [6.07, 6.45) is 2.50. The first-order chi connectivity index (χ1) is 13.5. The molecule has 0 saturated heterocycles. The summed E-state index contributed by atoms with van der Waals surface area (Å²) in [6.45, 7) is 8.10. The van der Waals surface area contributed by atoms with Crippen molar-refractivity contribution in [1.82, 2.24) is 20.1 Å². The van der Waals surface area contributed by atoms with Crippen molar-refractivity contribution >= 4 is 29.7 Å². The molecule has 9 heteroatoms. The zero-order valence-corrected chi connectivity index (χ0v) is 18.1. The Bertz CT molecular complexity index is 850. The average molecular weight is 427 g/mol. The van der Waals surface area contributed by atoms with Crippen LogP contribution in [0.15, 0.2) is 12.1 Å². The normalized spacial score (nSPS) is 10.7. The fourth-order valence-corrected chi connectivity index (χ4v) is 3.22. The van der Waals surface area contributed by atoms with Gasteiger partial charge in [-0.15, -0.1) is 0 Å². The molecule has 0 aliphatic carbocycles. The number of carbonyl (C=O) groups excluding carboxylic acids is 1. The Balaban J connectivity index is 2.06. The predicted molar refractivity (Wildman–Crippen MR) is 112 cm³/mol. The number of benzene rings is 1. The van der Waals surface area contributed by atoms with Gasteiger partial charge in [-0.1, -0.05) is 24.9 Å². The van der Waals surface area contributed by atoms with Gasteiger partial charge in [0, 0.05) is 25.1 Å². The molecular weight excluding hydrogens is 400 g/mol. The van der Waals surface area contributed by atoms with Gasteiger partial charge in [0.1, 0.15) is 5.82 Å². The van der Waals surface area contributed by atoms with Crippen molar-refractivity contribution in [2.24, 2.45) is 0 Å². The van der Waals surface area contributed by atoms with Crippen LogP contribution in [0.5, 0.6) is 11.5 Å². The molecule has 154 valence electrons. The molecule has 0 bridgehead atoms. The van der Waals surface area contributed by atoms with Gasteiger partial charge in [0.2, 0.25) is 0 Å². The quantitative estimate of drug-likeness (QED) is 0.416. The number of nitrogens with zero attached hydrogens (tertiary/aromatic N) is 2. The van der Waals surface area contributed by atoms with Gasteiger partial charge >= 0.3 is 0 Å². The van der Waals surface area contributed by atoms with Crippen LogP contribution in [0.2, 0.25) is 5.02 Å². The van der Waals surface area contributed by atoms with Gasteiger partial charge in [-0.3, -0.25) is 9.89 Å². The number of aromatic nitrogens is 3. The number of hydrogen-bond donors (Lipinski definition) is 2. The first-order valence-electron chi connectivity index (χ1n) is 9.53. The van der Waals surface area contributed by atoms with Crippen molar-refractivity contribution in [3.8, 4) is 11.5 Å². The van der Waals surface area contributed by atoms with Gasteiger partial charge in [-0.05, 0) is 44.6 Å². The smallest absolute Gasteiger partial charge is 0.251 e. The maximum absolute atomic E-state index is 12.6. The van der Waals surface area contributed by atoms with Crippen molar-refractivity contribution < 1.29 is 14.3 Å². The molecule has 0 unspecified atom stereocenters. The molecule has 0 aliphatic rings. The number of hydrogen-bond acceptors (Lipinski definition) is 5. The first-order valence-corrected chi connectivity index (χ1v) is 10.3. The Morgan fingerprint density at radius 1 is 1.32 bits per heavy atom. The second-order valence-electron chi connectivity index (χ2n) is 6.12. The Hall–Kier alpha value is -2.06. The van der Waals surface area contributed by atoms with Gasteiger partial charge in [-0.2, -0.15) is 5.10 Å². The van der Waals surface area contributed by atoms with Crippen molar-refractivity contribution in [3.63, 3.8) is 0 Å². The van der Waals surface area contributed by atoms with Crippen LogP contribution < -0.4 is 14.8 Å². The summed E-state index contributed by atoms with van der Waals surface area (Å²) in [6, 6.07) is 3.26. The monoisotopic (exact) mass is 426 g/mol. The van der Waals surface area contributed by atoms with Crippen LogP contribution in [-0.2, 0) is 13.0 Å². The molecule has 1 aromatic heterocycles. The molecule has 2 N–H and O–H groups in total. The molecule has 0 aliphatic heterocycles. The van der Waals surface area contributed by atoms with Gasteiger partial charge in [0.05, 0.1) is 18.2 Å². The fraction of sp³-hybridized carbons (Fsp3) is 0.526. The molecule has 0 radical (unpaired) electrons. The highest BCUT2D eigenvalue weighted by Gasteiger charge is 2.16. The van der Waals surface area contributed by atoms with Crippen LogP contribution in [0.25, 0.3) is 0 Å². The summed E-state index contributed by atoms with van der Waals surface area (Å²) in [5.41, 5.74) is 0.422. The molecule has 1 aromatic carbocycles. The SMILES string of the molecule is CCCCOc1c(Cl)cc(C(=O)NCCc2n[nH]c(=S)n2CC)cc1OCC. The van der Waals surface area contributed by atoms with E-state index in [0.717, 1.165) is 25.2 Å². The van der Waals surface area contributed by atoms with Crippen LogP contribution in [0.4, 0.5) is 0 Å². The van der Waals surface area contributed by atoms with Crippen LogP contribution >= 0.6 is 23.8 Å². The molecule has 7 nitrogen and oxygen atoms in total.